The molecule has 0 fully saturated rings. The van der Waals surface area contributed by atoms with Crippen LogP contribution < -0.4 is 0 Å². The van der Waals surface area contributed by atoms with Crippen LogP contribution in [0.5, 0.6) is 0 Å². The first-order valence-electron chi connectivity index (χ1n) is 10.3. The van der Waals surface area contributed by atoms with E-state index < -0.39 is 0 Å². The number of likely N-dealkylation sites (N-methyl/N-ethyl adjacent to an activating group) is 1. The second-order valence-corrected chi connectivity index (χ2v) is 8.27. The van der Waals surface area contributed by atoms with Crippen LogP contribution in [0.15, 0.2) is 79.3 Å². The number of hydrogen-bond acceptors (Lipinski definition) is 3. The predicted molar refractivity (Wildman–Crippen MR) is 121 cm³/mol. The van der Waals surface area contributed by atoms with Gasteiger partial charge >= 0.3 is 0 Å². The Labute approximate surface area is 175 Å². The summed E-state index contributed by atoms with van der Waals surface area (Å²) in [4.78, 5) is 14.6. The SMILES string of the molecule is CN1Cc2cc(-c3ccc4cncnc4c3)ccc2C(c2cc3ccccc3[nH]2)C1. The number of H-pyrrole nitrogens is 1. The Kier molecular flexibility index (Phi) is 3.93. The van der Waals surface area contributed by atoms with Gasteiger partial charge < -0.3 is 9.88 Å². The van der Waals surface area contributed by atoms with E-state index >= 15 is 0 Å². The van der Waals surface area contributed by atoms with E-state index in [9.17, 15) is 0 Å². The molecule has 2 aromatic heterocycles. The van der Waals surface area contributed by atoms with E-state index in [1.807, 2.05) is 6.20 Å². The number of aromatic amines is 1. The molecule has 6 rings (SSSR count). The van der Waals surface area contributed by atoms with E-state index in [-0.39, 0.29) is 0 Å². The number of nitrogens with one attached hydrogen (secondary N) is 1. The summed E-state index contributed by atoms with van der Waals surface area (Å²) in [6.07, 6.45) is 3.47. The molecule has 5 aromatic rings. The number of hydrogen-bond donors (Lipinski definition) is 1. The average Bonchev–Trinajstić information content (AvgIpc) is 3.22. The zero-order chi connectivity index (χ0) is 20.1. The molecule has 146 valence electrons. The van der Waals surface area contributed by atoms with Crippen molar-refractivity contribution >= 4 is 21.8 Å². The summed E-state index contributed by atoms with van der Waals surface area (Å²) in [5.74, 6) is 0.351. The van der Waals surface area contributed by atoms with Crippen LogP contribution in [0.2, 0.25) is 0 Å². The first kappa shape index (κ1) is 17.4. The van der Waals surface area contributed by atoms with E-state index in [1.165, 1.54) is 38.9 Å². The summed E-state index contributed by atoms with van der Waals surface area (Å²) in [5.41, 5.74) is 8.73. The van der Waals surface area contributed by atoms with Gasteiger partial charge in [-0.3, -0.25) is 0 Å². The number of fused-ring (bicyclic) bond motifs is 3. The molecule has 30 heavy (non-hydrogen) atoms. The molecule has 0 spiro atoms. The first-order valence-corrected chi connectivity index (χ1v) is 10.3. The van der Waals surface area contributed by atoms with Crippen LogP contribution in [0, 0.1) is 0 Å². The molecule has 0 amide bonds. The zero-order valence-corrected chi connectivity index (χ0v) is 16.8. The van der Waals surface area contributed by atoms with E-state index in [0.29, 0.717) is 5.92 Å². The fourth-order valence-corrected chi connectivity index (χ4v) is 4.73. The van der Waals surface area contributed by atoms with Gasteiger partial charge in [0, 0.05) is 41.8 Å². The van der Waals surface area contributed by atoms with Crippen molar-refractivity contribution in [2.24, 2.45) is 0 Å². The van der Waals surface area contributed by atoms with Gasteiger partial charge in [0.05, 0.1) is 5.52 Å². The van der Waals surface area contributed by atoms with E-state index in [2.05, 4.69) is 93.6 Å². The van der Waals surface area contributed by atoms with Crippen LogP contribution in [0.25, 0.3) is 32.9 Å². The van der Waals surface area contributed by atoms with Crippen LogP contribution in [-0.4, -0.2) is 33.4 Å². The molecule has 3 aromatic carbocycles. The molecule has 0 aliphatic carbocycles. The lowest BCUT2D eigenvalue weighted by molar-refractivity contribution is 0.294. The molecule has 1 N–H and O–H groups in total. The van der Waals surface area contributed by atoms with Gasteiger partial charge in [0.2, 0.25) is 0 Å². The lowest BCUT2D eigenvalue weighted by Crippen LogP contribution is -2.31. The van der Waals surface area contributed by atoms with Crippen molar-refractivity contribution in [1.82, 2.24) is 19.9 Å². The Morgan fingerprint density at radius 1 is 0.933 bits per heavy atom. The Morgan fingerprint density at radius 2 is 1.80 bits per heavy atom. The summed E-state index contributed by atoms with van der Waals surface area (Å²) in [6.45, 7) is 1.99. The van der Waals surface area contributed by atoms with Crippen molar-refractivity contribution in [2.75, 3.05) is 13.6 Å². The molecule has 1 aliphatic heterocycles. The van der Waals surface area contributed by atoms with Crippen molar-refractivity contribution in [3.8, 4) is 11.1 Å². The van der Waals surface area contributed by atoms with Gasteiger partial charge in [-0.15, -0.1) is 0 Å². The van der Waals surface area contributed by atoms with E-state index in [0.717, 1.165) is 24.0 Å². The van der Waals surface area contributed by atoms with Crippen LogP contribution in [0.3, 0.4) is 0 Å². The quantitative estimate of drug-likeness (QED) is 0.442. The number of aromatic nitrogens is 3. The molecular formula is C26H22N4. The molecule has 0 bridgehead atoms. The third kappa shape index (κ3) is 2.88. The van der Waals surface area contributed by atoms with Crippen molar-refractivity contribution in [3.63, 3.8) is 0 Å². The average molecular weight is 390 g/mol. The maximum atomic E-state index is 4.42. The minimum Gasteiger partial charge on any atom is -0.358 e. The maximum Gasteiger partial charge on any atom is 0.116 e. The highest BCUT2D eigenvalue weighted by Crippen LogP contribution is 2.36. The number of benzene rings is 3. The minimum atomic E-state index is 0.351. The Bertz CT molecular complexity index is 1350. The molecule has 1 unspecified atom stereocenters. The van der Waals surface area contributed by atoms with Gasteiger partial charge in [-0.25, -0.2) is 9.97 Å². The third-order valence-corrected chi connectivity index (χ3v) is 6.22. The summed E-state index contributed by atoms with van der Waals surface area (Å²) in [7, 11) is 2.21. The molecule has 4 heteroatoms. The summed E-state index contributed by atoms with van der Waals surface area (Å²) < 4.78 is 0. The molecule has 4 nitrogen and oxygen atoms in total. The molecule has 0 saturated heterocycles. The highest BCUT2D eigenvalue weighted by molar-refractivity contribution is 5.84. The highest BCUT2D eigenvalue weighted by Gasteiger charge is 2.26. The molecule has 1 atom stereocenters. The maximum absolute atomic E-state index is 4.42. The summed E-state index contributed by atoms with van der Waals surface area (Å²) in [6, 6.07) is 24.2. The van der Waals surface area contributed by atoms with Crippen LogP contribution in [-0.2, 0) is 6.54 Å². The van der Waals surface area contributed by atoms with Crippen LogP contribution >= 0.6 is 0 Å². The Morgan fingerprint density at radius 3 is 2.73 bits per heavy atom. The second kappa shape index (κ2) is 6.78. The molecular weight excluding hydrogens is 368 g/mol. The van der Waals surface area contributed by atoms with Gasteiger partial charge in [-0.1, -0.05) is 42.5 Å². The van der Waals surface area contributed by atoms with Crippen molar-refractivity contribution < 1.29 is 0 Å². The van der Waals surface area contributed by atoms with Gasteiger partial charge in [-0.05, 0) is 59.0 Å². The van der Waals surface area contributed by atoms with Gasteiger partial charge in [0.25, 0.3) is 0 Å². The van der Waals surface area contributed by atoms with Crippen LogP contribution in [0.1, 0.15) is 22.7 Å². The van der Waals surface area contributed by atoms with Crippen molar-refractivity contribution in [3.05, 3.63) is 96.1 Å². The fraction of sp³-hybridized carbons (Fsp3) is 0.154. The van der Waals surface area contributed by atoms with Gasteiger partial charge in [0.1, 0.15) is 6.33 Å². The molecule has 0 saturated carbocycles. The highest BCUT2D eigenvalue weighted by atomic mass is 15.1. The minimum absolute atomic E-state index is 0.351. The topological polar surface area (TPSA) is 44.8 Å². The zero-order valence-electron chi connectivity index (χ0n) is 16.8. The second-order valence-electron chi connectivity index (χ2n) is 8.27. The Hall–Kier alpha value is -3.50. The van der Waals surface area contributed by atoms with E-state index in [1.54, 1.807) is 6.33 Å². The summed E-state index contributed by atoms with van der Waals surface area (Å²) in [5, 5.41) is 2.34. The molecule has 0 radical (unpaired) electrons. The standard InChI is InChI=1S/C26H22N4/c1-30-14-21-10-17(18-6-7-20-13-27-16-28-25(20)11-18)8-9-22(21)23(15-30)26-12-19-4-2-3-5-24(19)29-26/h2-13,16,23,29H,14-15H2,1H3. The molecule has 3 heterocycles. The fourth-order valence-electron chi connectivity index (χ4n) is 4.73. The lowest BCUT2D eigenvalue weighted by Gasteiger charge is -2.32. The lowest BCUT2D eigenvalue weighted by atomic mass is 9.86. The monoisotopic (exact) mass is 390 g/mol. The van der Waals surface area contributed by atoms with Gasteiger partial charge in [0.15, 0.2) is 0 Å². The van der Waals surface area contributed by atoms with Crippen LogP contribution in [0.4, 0.5) is 0 Å². The van der Waals surface area contributed by atoms with Crippen molar-refractivity contribution in [1.29, 1.82) is 0 Å². The predicted octanol–water partition coefficient (Wildman–Crippen LogP) is 5.36. The van der Waals surface area contributed by atoms with E-state index in [4.69, 9.17) is 0 Å². The largest absolute Gasteiger partial charge is 0.358 e. The van der Waals surface area contributed by atoms with Gasteiger partial charge in [-0.2, -0.15) is 0 Å². The number of nitrogens with zero attached hydrogens (tertiary/aromatic N) is 3. The summed E-state index contributed by atoms with van der Waals surface area (Å²) >= 11 is 0. The smallest absolute Gasteiger partial charge is 0.116 e. The number of para-hydroxylation sites is 1. The first-order chi connectivity index (χ1) is 14.7. The number of rotatable bonds is 2. The normalized spacial score (nSPS) is 16.8. The molecule has 1 aliphatic rings. The van der Waals surface area contributed by atoms with Crippen molar-refractivity contribution in [2.45, 2.75) is 12.5 Å². The Balaban J connectivity index is 1.43. The third-order valence-electron chi connectivity index (χ3n) is 6.22.